The molecule has 0 heterocycles. The first-order valence-corrected chi connectivity index (χ1v) is 12.7. The van der Waals surface area contributed by atoms with E-state index < -0.39 is 0 Å². The Kier molecular flexibility index (Phi) is 22.7. The molecule has 0 aliphatic carbocycles. The molecule has 0 N–H and O–H groups in total. The van der Waals surface area contributed by atoms with Gasteiger partial charge >= 0.3 is 84.9 Å². The molecule has 0 aliphatic rings. The van der Waals surface area contributed by atoms with Gasteiger partial charge in [0.25, 0.3) is 0 Å². The van der Waals surface area contributed by atoms with Gasteiger partial charge in [0, 0.05) is 34.1 Å². The van der Waals surface area contributed by atoms with E-state index >= 15 is 0 Å². The summed E-state index contributed by atoms with van der Waals surface area (Å²) in [6.07, 6.45) is 0. The van der Waals surface area contributed by atoms with Gasteiger partial charge in [-0.05, 0) is 0 Å². The molecule has 3 heteroatoms. The van der Waals surface area contributed by atoms with Gasteiger partial charge < -0.3 is 30.3 Å². The average molecular weight is 595 g/mol. The fourth-order valence-corrected chi connectivity index (χ4v) is 4.56. The van der Waals surface area contributed by atoms with Crippen LogP contribution in [0.25, 0.3) is 0 Å². The predicted octanol–water partition coefficient (Wildman–Crippen LogP) is 6.16. The maximum absolute atomic E-state index is 2.62. The van der Waals surface area contributed by atoms with Gasteiger partial charge in [-0.3, -0.25) is 0 Å². The van der Waals surface area contributed by atoms with Crippen LogP contribution >= 0.6 is 0 Å². The molecule has 0 saturated heterocycles. The van der Waals surface area contributed by atoms with Gasteiger partial charge in [-0.1, -0.05) is 0 Å². The van der Waals surface area contributed by atoms with Crippen molar-refractivity contribution in [1.29, 1.82) is 0 Å². The normalized spacial score (nSPS) is 8.23. The van der Waals surface area contributed by atoms with Gasteiger partial charge in [0.1, 0.15) is 0 Å². The number of hydrogen-bond donors (Lipinski definition) is 0. The summed E-state index contributed by atoms with van der Waals surface area (Å²) in [7, 11) is 0. The molecule has 182 valence electrons. The zero-order valence-corrected chi connectivity index (χ0v) is 23.5. The van der Waals surface area contributed by atoms with E-state index in [4.69, 9.17) is 0 Å². The summed E-state index contributed by atoms with van der Waals surface area (Å²) in [6.45, 7) is 0. The molecule has 6 aromatic rings. The zero-order valence-electron chi connectivity index (χ0n) is 19.2. The zero-order chi connectivity index (χ0) is 23.1. The average Bonchev–Trinajstić information content (AvgIpc) is 3.73. The predicted molar refractivity (Wildman–Crippen MR) is 141 cm³/mol. The van der Waals surface area contributed by atoms with Crippen LogP contribution in [0.1, 0.15) is 0 Å². The molecule has 0 saturated carbocycles. The molecule has 0 spiro atoms. The van der Waals surface area contributed by atoms with Gasteiger partial charge in [0.15, 0.2) is 0 Å². The Bertz CT molecular complexity index is 838. The van der Waals surface area contributed by atoms with Crippen LogP contribution in [0, 0.1) is 24.3 Å². The fraction of sp³-hybridized carbons (Fsp3) is 0. The number of rotatable bonds is 2. The topological polar surface area (TPSA) is 0 Å². The van der Waals surface area contributed by atoms with E-state index in [0.717, 1.165) is 0 Å². The number of benzene rings is 2. The standard InChI is InChI=1S/C12H10Ge.3C5H5.C5H.2Fe/c1-3-7-11(8-4-1)13-12-9-5-2-6-10-12;4*1-2-4-5-3-1;;/h1-10H;3*1-5H;1H;;/q;3*-1;-5;;. The van der Waals surface area contributed by atoms with Crippen molar-refractivity contribution in [3.63, 3.8) is 0 Å². The molecule has 6 aromatic carbocycles. The van der Waals surface area contributed by atoms with Gasteiger partial charge in [-0.15, -0.1) is 0 Å². The first-order chi connectivity index (χ1) is 16.4. The van der Waals surface area contributed by atoms with E-state index in [9.17, 15) is 0 Å². The Balaban J connectivity index is 0.000000443. The molecular formula is C32H26Fe2Ge-8. The minimum atomic E-state index is -0.108. The summed E-state index contributed by atoms with van der Waals surface area (Å²) < 4.78 is 2.99. The molecule has 0 fully saturated rings. The van der Waals surface area contributed by atoms with Crippen LogP contribution in [0.3, 0.4) is 0 Å². The van der Waals surface area contributed by atoms with Gasteiger partial charge in [0.2, 0.25) is 0 Å². The molecule has 0 bridgehead atoms. The third-order valence-corrected chi connectivity index (χ3v) is 6.46. The maximum atomic E-state index is 2.62. The Hall–Kier alpha value is -2.58. The van der Waals surface area contributed by atoms with Crippen molar-refractivity contribution in [2.24, 2.45) is 0 Å². The third-order valence-electron chi connectivity index (χ3n) is 3.85. The van der Waals surface area contributed by atoms with E-state index in [1.165, 1.54) is 8.79 Å². The quantitative estimate of drug-likeness (QED) is 0.166. The molecular weight excluding hydrogens is 569 g/mol. The fourth-order valence-electron chi connectivity index (χ4n) is 2.35. The minimum absolute atomic E-state index is 0. The Morgan fingerprint density at radius 2 is 0.743 bits per heavy atom. The monoisotopic (exact) mass is 596 g/mol. The van der Waals surface area contributed by atoms with Crippen LogP contribution in [0.5, 0.6) is 0 Å². The van der Waals surface area contributed by atoms with E-state index in [-0.39, 0.29) is 49.6 Å². The molecule has 0 aliphatic heterocycles. The van der Waals surface area contributed by atoms with E-state index in [1.54, 1.807) is 6.07 Å². The summed E-state index contributed by atoms with van der Waals surface area (Å²) in [5.41, 5.74) is 0. The second-order valence-corrected chi connectivity index (χ2v) is 9.37. The molecule has 0 aromatic heterocycles. The van der Waals surface area contributed by atoms with Crippen LogP contribution in [-0.2, 0) is 34.1 Å². The summed E-state index contributed by atoms with van der Waals surface area (Å²) in [5, 5.41) is 0. The first-order valence-electron chi connectivity index (χ1n) is 10.6. The van der Waals surface area contributed by atoms with Crippen LogP contribution in [0.4, 0.5) is 0 Å². The van der Waals surface area contributed by atoms with Crippen LogP contribution in [0.2, 0.25) is 0 Å². The molecule has 2 radical (unpaired) electrons. The van der Waals surface area contributed by atoms with E-state index in [2.05, 4.69) is 84.9 Å². The Labute approximate surface area is 238 Å². The summed E-state index contributed by atoms with van der Waals surface area (Å²) >= 11 is -0.108. The number of hydrogen-bond acceptors (Lipinski definition) is 0. The molecule has 0 nitrogen and oxygen atoms in total. The van der Waals surface area contributed by atoms with E-state index in [1.807, 2.05) is 91.0 Å². The van der Waals surface area contributed by atoms with Crippen molar-refractivity contribution >= 4 is 24.2 Å². The van der Waals surface area contributed by atoms with Gasteiger partial charge in [-0.2, -0.15) is 54.6 Å². The van der Waals surface area contributed by atoms with Crippen molar-refractivity contribution in [1.82, 2.24) is 0 Å². The van der Waals surface area contributed by atoms with Crippen LogP contribution < -0.4 is 8.79 Å². The molecule has 0 amide bonds. The van der Waals surface area contributed by atoms with Gasteiger partial charge in [0.05, 0.1) is 0 Å². The van der Waals surface area contributed by atoms with Crippen molar-refractivity contribution < 1.29 is 34.1 Å². The SMILES string of the molecule is [Fe].[Fe].[c-]1[c-][c-][cH-][c-]1.c1cc[cH-]c1.c1cc[cH-]c1.c1cc[cH-]c1.c1cc[c]([Ge][c]2ccccc2)cc1. The first kappa shape index (κ1) is 32.4. The van der Waals surface area contributed by atoms with Gasteiger partial charge in [-0.25, -0.2) is 36.4 Å². The van der Waals surface area contributed by atoms with Crippen molar-refractivity contribution in [2.75, 3.05) is 0 Å². The van der Waals surface area contributed by atoms with Crippen LogP contribution in [-0.4, -0.2) is 15.4 Å². The molecule has 0 unspecified atom stereocenters. The third kappa shape index (κ3) is 19.4. The second kappa shape index (κ2) is 24.5. The van der Waals surface area contributed by atoms with Crippen molar-refractivity contribution in [3.05, 3.63) is 182 Å². The Morgan fingerprint density at radius 1 is 0.429 bits per heavy atom. The van der Waals surface area contributed by atoms with Crippen LogP contribution in [0.15, 0.2) is 158 Å². The van der Waals surface area contributed by atoms with Crippen molar-refractivity contribution in [2.45, 2.75) is 0 Å². The summed E-state index contributed by atoms with van der Waals surface area (Å²) in [4.78, 5) is 0. The molecule has 6 rings (SSSR count). The van der Waals surface area contributed by atoms with Crippen molar-refractivity contribution in [3.8, 4) is 0 Å². The summed E-state index contributed by atoms with van der Waals surface area (Å²) in [5.74, 6) is 0. The second-order valence-electron chi connectivity index (χ2n) is 6.43. The Morgan fingerprint density at radius 3 is 0.943 bits per heavy atom. The molecule has 0 atom stereocenters. The van der Waals surface area contributed by atoms with E-state index in [0.29, 0.717) is 0 Å². The summed E-state index contributed by atoms with van der Waals surface area (Å²) in [6, 6.07) is 63.5. The molecule has 35 heavy (non-hydrogen) atoms.